The molecule has 0 aromatic heterocycles. The SMILES string of the molecule is CCCCCCC(c1ccc(C(CCCC)c2ccc(N)cc2C)cc1)c1ccc(C(CCCC)c2ccc(N)cc2C)cc1. The number of hydrogen-bond donors (Lipinski definition) is 2. The predicted molar refractivity (Wildman–Crippen MR) is 197 cm³/mol. The van der Waals surface area contributed by atoms with Gasteiger partial charge in [-0.3, -0.25) is 0 Å². The van der Waals surface area contributed by atoms with Crippen molar-refractivity contribution >= 4 is 11.4 Å². The molecule has 2 atom stereocenters. The number of rotatable bonds is 17. The van der Waals surface area contributed by atoms with Gasteiger partial charge in [0, 0.05) is 29.1 Å². The van der Waals surface area contributed by atoms with Crippen molar-refractivity contribution in [2.24, 2.45) is 0 Å². The smallest absolute Gasteiger partial charge is 0.0316 e. The quantitative estimate of drug-likeness (QED) is 0.0933. The summed E-state index contributed by atoms with van der Waals surface area (Å²) in [5.74, 6) is 1.21. The van der Waals surface area contributed by atoms with E-state index in [1.165, 1.54) is 102 Å². The Morgan fingerprint density at radius 2 is 0.778 bits per heavy atom. The fourth-order valence-corrected chi connectivity index (χ4v) is 7.22. The highest BCUT2D eigenvalue weighted by atomic mass is 14.5. The highest BCUT2D eigenvalue weighted by Gasteiger charge is 2.21. The Hall–Kier alpha value is -3.52. The number of nitrogens with two attached hydrogens (primary N) is 2. The molecule has 0 aliphatic heterocycles. The van der Waals surface area contributed by atoms with Gasteiger partial charge in [-0.1, -0.05) is 133 Å². The van der Waals surface area contributed by atoms with Crippen molar-refractivity contribution in [3.05, 3.63) is 129 Å². The molecule has 4 aromatic rings. The van der Waals surface area contributed by atoms with Gasteiger partial charge < -0.3 is 11.5 Å². The van der Waals surface area contributed by atoms with Crippen molar-refractivity contribution < 1.29 is 0 Å². The summed E-state index contributed by atoms with van der Waals surface area (Å²) in [5, 5.41) is 0. The Morgan fingerprint density at radius 1 is 0.422 bits per heavy atom. The third-order valence-electron chi connectivity index (χ3n) is 9.86. The van der Waals surface area contributed by atoms with Crippen molar-refractivity contribution in [2.75, 3.05) is 11.5 Å². The van der Waals surface area contributed by atoms with Gasteiger partial charge in [-0.25, -0.2) is 0 Å². The van der Waals surface area contributed by atoms with E-state index >= 15 is 0 Å². The normalized spacial score (nSPS) is 13.4. The summed E-state index contributed by atoms with van der Waals surface area (Å²) in [6, 6.07) is 32.2. The van der Waals surface area contributed by atoms with E-state index < -0.39 is 0 Å². The molecule has 4 N–H and O–H groups in total. The zero-order chi connectivity index (χ0) is 32.2. The lowest BCUT2D eigenvalue weighted by Crippen LogP contribution is -2.07. The molecule has 0 spiro atoms. The average Bonchev–Trinajstić information content (AvgIpc) is 3.04. The van der Waals surface area contributed by atoms with Crippen molar-refractivity contribution in [1.29, 1.82) is 0 Å². The zero-order valence-electron chi connectivity index (χ0n) is 28.7. The van der Waals surface area contributed by atoms with E-state index in [2.05, 4.69) is 120 Å². The lowest BCUT2D eigenvalue weighted by atomic mass is 9.81. The van der Waals surface area contributed by atoms with Crippen LogP contribution in [-0.2, 0) is 0 Å². The first-order valence-corrected chi connectivity index (χ1v) is 17.8. The van der Waals surface area contributed by atoms with Gasteiger partial charge in [0.25, 0.3) is 0 Å². The molecule has 0 bridgehead atoms. The van der Waals surface area contributed by atoms with Crippen molar-refractivity contribution in [3.63, 3.8) is 0 Å². The van der Waals surface area contributed by atoms with Gasteiger partial charge in [0.05, 0.1) is 0 Å². The molecule has 240 valence electrons. The molecule has 45 heavy (non-hydrogen) atoms. The maximum atomic E-state index is 6.12. The predicted octanol–water partition coefficient (Wildman–Crippen LogP) is 12.2. The van der Waals surface area contributed by atoms with Crippen LogP contribution in [-0.4, -0.2) is 0 Å². The van der Waals surface area contributed by atoms with Crippen LogP contribution in [0.3, 0.4) is 0 Å². The van der Waals surface area contributed by atoms with Gasteiger partial charge in [-0.2, -0.15) is 0 Å². The van der Waals surface area contributed by atoms with Crippen LogP contribution in [0.25, 0.3) is 0 Å². The van der Waals surface area contributed by atoms with E-state index in [-0.39, 0.29) is 0 Å². The van der Waals surface area contributed by atoms with Gasteiger partial charge in [0.1, 0.15) is 0 Å². The number of unbranched alkanes of at least 4 members (excludes halogenated alkanes) is 5. The van der Waals surface area contributed by atoms with Gasteiger partial charge in [-0.05, 0) is 102 Å². The molecule has 0 saturated carbocycles. The number of nitrogen functional groups attached to an aromatic ring is 2. The summed E-state index contributed by atoms with van der Waals surface area (Å²) in [6.07, 6.45) is 13.5. The molecule has 0 saturated heterocycles. The van der Waals surface area contributed by atoms with E-state index in [0.29, 0.717) is 17.8 Å². The molecular formula is C43H58N2. The zero-order valence-corrected chi connectivity index (χ0v) is 28.7. The molecule has 0 aliphatic rings. The Bertz CT molecular complexity index is 1340. The highest BCUT2D eigenvalue weighted by molar-refractivity contribution is 5.50. The standard InChI is InChI=1S/C43H58N2/c1-6-9-12-13-16-41(33-17-21-35(22-18-33)42(14-10-7-2)39-27-25-37(44)29-31(39)4)34-19-23-36(24-20-34)43(15-11-8-3)40-28-26-38(45)30-32(40)5/h17-30,41-43H,6-16,44-45H2,1-5H3. The Balaban J connectivity index is 1.64. The molecule has 4 rings (SSSR count). The third-order valence-corrected chi connectivity index (χ3v) is 9.86. The molecule has 0 aliphatic carbocycles. The van der Waals surface area contributed by atoms with E-state index in [4.69, 9.17) is 11.5 Å². The summed E-state index contributed by atoms with van der Waals surface area (Å²) in [7, 11) is 0. The van der Waals surface area contributed by atoms with Crippen LogP contribution in [0.2, 0.25) is 0 Å². The molecule has 2 heteroatoms. The van der Waals surface area contributed by atoms with Crippen LogP contribution in [0, 0.1) is 13.8 Å². The second kappa shape index (κ2) is 17.2. The molecule has 2 nitrogen and oxygen atoms in total. The number of aryl methyl sites for hydroxylation is 2. The Kier molecular flexibility index (Phi) is 13.2. The van der Waals surface area contributed by atoms with Gasteiger partial charge in [0.15, 0.2) is 0 Å². The number of anilines is 2. The first-order chi connectivity index (χ1) is 21.9. The van der Waals surface area contributed by atoms with Crippen molar-refractivity contribution in [2.45, 2.75) is 123 Å². The molecular weight excluding hydrogens is 544 g/mol. The second-order valence-corrected chi connectivity index (χ2v) is 13.4. The third kappa shape index (κ3) is 9.25. The second-order valence-electron chi connectivity index (χ2n) is 13.4. The summed E-state index contributed by atoms with van der Waals surface area (Å²) >= 11 is 0. The minimum Gasteiger partial charge on any atom is -0.399 e. The molecule has 4 aromatic carbocycles. The molecule has 0 fully saturated rings. The Morgan fingerprint density at radius 3 is 1.13 bits per heavy atom. The number of benzene rings is 4. The van der Waals surface area contributed by atoms with Crippen molar-refractivity contribution in [3.8, 4) is 0 Å². The average molecular weight is 603 g/mol. The Labute approximate surface area is 274 Å². The van der Waals surface area contributed by atoms with Crippen LogP contribution in [0.1, 0.15) is 154 Å². The van der Waals surface area contributed by atoms with E-state index in [1.54, 1.807) is 0 Å². The first-order valence-electron chi connectivity index (χ1n) is 17.8. The molecule has 2 unspecified atom stereocenters. The molecule has 0 amide bonds. The fraction of sp³-hybridized carbons (Fsp3) is 0.442. The minimum atomic E-state index is 0.402. The fourth-order valence-electron chi connectivity index (χ4n) is 7.22. The van der Waals surface area contributed by atoms with E-state index in [9.17, 15) is 0 Å². The highest BCUT2D eigenvalue weighted by Crippen LogP contribution is 2.38. The maximum absolute atomic E-state index is 6.12. The van der Waals surface area contributed by atoms with E-state index in [1.807, 2.05) is 0 Å². The molecule has 0 radical (unpaired) electrons. The number of hydrogen-bond acceptors (Lipinski definition) is 2. The van der Waals surface area contributed by atoms with Crippen LogP contribution in [0.5, 0.6) is 0 Å². The topological polar surface area (TPSA) is 52.0 Å². The van der Waals surface area contributed by atoms with E-state index in [0.717, 1.165) is 24.2 Å². The van der Waals surface area contributed by atoms with Gasteiger partial charge in [-0.15, -0.1) is 0 Å². The summed E-state index contributed by atoms with van der Waals surface area (Å²) in [5.41, 5.74) is 25.0. The molecule has 0 heterocycles. The minimum absolute atomic E-state index is 0.402. The summed E-state index contributed by atoms with van der Waals surface area (Å²) in [4.78, 5) is 0. The summed E-state index contributed by atoms with van der Waals surface area (Å²) in [6.45, 7) is 11.3. The van der Waals surface area contributed by atoms with Crippen molar-refractivity contribution in [1.82, 2.24) is 0 Å². The monoisotopic (exact) mass is 602 g/mol. The maximum Gasteiger partial charge on any atom is 0.0316 e. The lowest BCUT2D eigenvalue weighted by Gasteiger charge is -2.24. The van der Waals surface area contributed by atoms with Gasteiger partial charge in [0.2, 0.25) is 0 Å². The van der Waals surface area contributed by atoms with Crippen LogP contribution in [0.15, 0.2) is 84.9 Å². The lowest BCUT2D eigenvalue weighted by molar-refractivity contribution is 0.595. The largest absolute Gasteiger partial charge is 0.399 e. The van der Waals surface area contributed by atoms with Crippen LogP contribution >= 0.6 is 0 Å². The van der Waals surface area contributed by atoms with Crippen LogP contribution < -0.4 is 11.5 Å². The van der Waals surface area contributed by atoms with Crippen LogP contribution in [0.4, 0.5) is 11.4 Å². The van der Waals surface area contributed by atoms with Gasteiger partial charge >= 0.3 is 0 Å². The summed E-state index contributed by atoms with van der Waals surface area (Å²) < 4.78 is 0. The first kappa shape index (κ1) is 34.4.